The molecular formula is C19H21N5O2. The van der Waals surface area contributed by atoms with Crippen LogP contribution in [0.1, 0.15) is 53.5 Å². The topological polar surface area (TPSA) is 85.0 Å². The molecule has 1 saturated heterocycles. The first kappa shape index (κ1) is 16.6. The molecule has 0 radical (unpaired) electrons. The van der Waals surface area contributed by atoms with Gasteiger partial charge in [0.1, 0.15) is 5.82 Å². The molecule has 3 aromatic heterocycles. The molecule has 1 amide bonds. The second-order valence-electron chi connectivity index (χ2n) is 6.63. The van der Waals surface area contributed by atoms with E-state index in [2.05, 4.69) is 20.1 Å². The van der Waals surface area contributed by atoms with E-state index in [0.717, 1.165) is 47.5 Å². The summed E-state index contributed by atoms with van der Waals surface area (Å²) in [5, 5.41) is 4.92. The van der Waals surface area contributed by atoms with Crippen LogP contribution in [0.2, 0.25) is 0 Å². The third-order valence-electron chi connectivity index (χ3n) is 4.91. The Bertz CT molecular complexity index is 944. The van der Waals surface area contributed by atoms with E-state index in [0.29, 0.717) is 24.8 Å². The SMILES string of the molecule is CCc1cc(C(=O)N2CCC(c3nc(C)nc4ncccc34)CC2)on1. The lowest BCUT2D eigenvalue weighted by atomic mass is 9.91. The smallest absolute Gasteiger partial charge is 0.292 e. The number of aryl methyl sites for hydroxylation is 2. The Hall–Kier alpha value is -2.83. The molecule has 1 fully saturated rings. The molecule has 0 spiro atoms. The Balaban J connectivity index is 1.51. The number of carbonyl (C=O) groups is 1. The van der Waals surface area contributed by atoms with Crippen molar-refractivity contribution in [2.24, 2.45) is 0 Å². The molecule has 4 heterocycles. The van der Waals surface area contributed by atoms with Crippen molar-refractivity contribution < 1.29 is 9.32 Å². The fourth-order valence-electron chi connectivity index (χ4n) is 3.50. The third kappa shape index (κ3) is 3.05. The van der Waals surface area contributed by atoms with Gasteiger partial charge in [-0.2, -0.15) is 0 Å². The van der Waals surface area contributed by atoms with Crippen molar-refractivity contribution in [3.8, 4) is 0 Å². The van der Waals surface area contributed by atoms with Crippen LogP contribution >= 0.6 is 0 Å². The van der Waals surface area contributed by atoms with Gasteiger partial charge in [-0.15, -0.1) is 0 Å². The molecular weight excluding hydrogens is 330 g/mol. The number of nitrogens with zero attached hydrogens (tertiary/aromatic N) is 5. The van der Waals surface area contributed by atoms with Crippen molar-refractivity contribution >= 4 is 16.9 Å². The van der Waals surface area contributed by atoms with Crippen molar-refractivity contribution in [2.75, 3.05) is 13.1 Å². The first-order valence-corrected chi connectivity index (χ1v) is 9.00. The highest BCUT2D eigenvalue weighted by atomic mass is 16.5. The van der Waals surface area contributed by atoms with Gasteiger partial charge in [0.15, 0.2) is 5.65 Å². The molecule has 4 rings (SSSR count). The maximum Gasteiger partial charge on any atom is 0.292 e. The van der Waals surface area contributed by atoms with Gasteiger partial charge in [0.2, 0.25) is 5.76 Å². The monoisotopic (exact) mass is 351 g/mol. The van der Waals surface area contributed by atoms with Crippen molar-refractivity contribution in [2.45, 2.75) is 39.0 Å². The number of hydrogen-bond acceptors (Lipinski definition) is 6. The number of aromatic nitrogens is 4. The molecule has 0 saturated carbocycles. The van der Waals surface area contributed by atoms with Crippen molar-refractivity contribution in [3.05, 3.63) is 47.4 Å². The highest BCUT2D eigenvalue weighted by Crippen LogP contribution is 2.31. The maximum absolute atomic E-state index is 12.6. The molecule has 0 N–H and O–H groups in total. The highest BCUT2D eigenvalue weighted by molar-refractivity contribution is 5.91. The van der Waals surface area contributed by atoms with Gasteiger partial charge < -0.3 is 9.42 Å². The summed E-state index contributed by atoms with van der Waals surface area (Å²) in [6.07, 6.45) is 4.23. The zero-order chi connectivity index (χ0) is 18.1. The van der Waals surface area contributed by atoms with Crippen LogP contribution in [0.5, 0.6) is 0 Å². The third-order valence-corrected chi connectivity index (χ3v) is 4.91. The normalized spacial score (nSPS) is 15.5. The number of carbonyl (C=O) groups excluding carboxylic acids is 1. The van der Waals surface area contributed by atoms with E-state index in [1.54, 1.807) is 12.3 Å². The molecule has 7 nitrogen and oxygen atoms in total. The average molecular weight is 351 g/mol. The summed E-state index contributed by atoms with van der Waals surface area (Å²) >= 11 is 0. The fourth-order valence-corrected chi connectivity index (χ4v) is 3.50. The largest absolute Gasteiger partial charge is 0.351 e. The van der Waals surface area contributed by atoms with Crippen LogP contribution in [0.15, 0.2) is 28.9 Å². The summed E-state index contributed by atoms with van der Waals surface area (Å²) in [5.41, 5.74) is 2.58. The minimum absolute atomic E-state index is 0.0824. The molecule has 0 unspecified atom stereocenters. The minimum atomic E-state index is -0.0824. The molecule has 0 atom stereocenters. The van der Waals surface area contributed by atoms with Crippen LogP contribution < -0.4 is 0 Å². The van der Waals surface area contributed by atoms with Gasteiger partial charge in [0.05, 0.1) is 11.4 Å². The Labute approximate surface area is 151 Å². The lowest BCUT2D eigenvalue weighted by molar-refractivity contribution is 0.0670. The second-order valence-corrected chi connectivity index (χ2v) is 6.63. The Kier molecular flexibility index (Phi) is 4.36. The van der Waals surface area contributed by atoms with E-state index in [4.69, 9.17) is 4.52 Å². The van der Waals surface area contributed by atoms with Crippen LogP contribution in [0.25, 0.3) is 11.0 Å². The first-order valence-electron chi connectivity index (χ1n) is 9.00. The van der Waals surface area contributed by atoms with Gasteiger partial charge in [-0.1, -0.05) is 12.1 Å². The van der Waals surface area contributed by atoms with Gasteiger partial charge in [0.25, 0.3) is 5.91 Å². The van der Waals surface area contributed by atoms with Gasteiger partial charge in [-0.05, 0) is 38.3 Å². The van der Waals surface area contributed by atoms with Gasteiger partial charge >= 0.3 is 0 Å². The van der Waals surface area contributed by atoms with E-state index in [-0.39, 0.29) is 5.91 Å². The molecule has 1 aliphatic rings. The Morgan fingerprint density at radius 3 is 2.85 bits per heavy atom. The predicted octanol–water partition coefficient (Wildman–Crippen LogP) is 2.90. The molecule has 0 aliphatic carbocycles. The number of pyridine rings is 1. The Morgan fingerprint density at radius 1 is 1.31 bits per heavy atom. The molecule has 0 bridgehead atoms. The summed E-state index contributed by atoms with van der Waals surface area (Å²) < 4.78 is 5.19. The summed E-state index contributed by atoms with van der Waals surface area (Å²) in [4.78, 5) is 27.9. The average Bonchev–Trinajstić information content (AvgIpc) is 3.16. The highest BCUT2D eigenvalue weighted by Gasteiger charge is 2.28. The van der Waals surface area contributed by atoms with E-state index < -0.39 is 0 Å². The fraction of sp³-hybridized carbons (Fsp3) is 0.421. The molecule has 3 aromatic rings. The Morgan fingerprint density at radius 2 is 2.12 bits per heavy atom. The second kappa shape index (κ2) is 6.82. The molecule has 134 valence electrons. The van der Waals surface area contributed by atoms with Crippen LogP contribution in [0, 0.1) is 6.92 Å². The zero-order valence-electron chi connectivity index (χ0n) is 15.0. The maximum atomic E-state index is 12.6. The number of amides is 1. The van der Waals surface area contributed by atoms with Crippen molar-refractivity contribution in [1.82, 2.24) is 25.0 Å². The number of piperidine rings is 1. The minimum Gasteiger partial charge on any atom is -0.351 e. The lowest BCUT2D eigenvalue weighted by Gasteiger charge is -2.31. The summed E-state index contributed by atoms with van der Waals surface area (Å²) in [7, 11) is 0. The summed E-state index contributed by atoms with van der Waals surface area (Å²) in [5.74, 6) is 1.28. The molecule has 26 heavy (non-hydrogen) atoms. The molecule has 1 aliphatic heterocycles. The molecule has 7 heteroatoms. The number of likely N-dealkylation sites (tertiary alicyclic amines) is 1. The van der Waals surface area contributed by atoms with Crippen LogP contribution in [0.4, 0.5) is 0 Å². The quantitative estimate of drug-likeness (QED) is 0.721. The lowest BCUT2D eigenvalue weighted by Crippen LogP contribution is -2.38. The van der Waals surface area contributed by atoms with Crippen LogP contribution in [-0.2, 0) is 6.42 Å². The van der Waals surface area contributed by atoms with Crippen molar-refractivity contribution in [3.63, 3.8) is 0 Å². The van der Waals surface area contributed by atoms with E-state index >= 15 is 0 Å². The number of rotatable bonds is 3. The number of fused-ring (bicyclic) bond motifs is 1. The van der Waals surface area contributed by atoms with Crippen molar-refractivity contribution in [1.29, 1.82) is 0 Å². The van der Waals surface area contributed by atoms with E-state index in [1.807, 2.05) is 30.9 Å². The van der Waals surface area contributed by atoms with E-state index in [1.165, 1.54) is 0 Å². The zero-order valence-corrected chi connectivity index (χ0v) is 15.0. The predicted molar refractivity (Wildman–Crippen MR) is 95.8 cm³/mol. The van der Waals surface area contributed by atoms with Crippen LogP contribution in [-0.4, -0.2) is 44.0 Å². The standard InChI is InChI=1S/C19H21N5O2/c1-3-14-11-16(26-23-14)19(25)24-9-6-13(7-10-24)17-15-5-4-8-20-18(15)22-12(2)21-17/h4-5,8,11,13H,3,6-7,9-10H2,1-2H3. The van der Waals surface area contributed by atoms with Crippen LogP contribution in [0.3, 0.4) is 0 Å². The summed E-state index contributed by atoms with van der Waals surface area (Å²) in [6, 6.07) is 5.68. The summed E-state index contributed by atoms with van der Waals surface area (Å²) in [6.45, 7) is 5.24. The van der Waals surface area contributed by atoms with Gasteiger partial charge in [0, 0.05) is 36.7 Å². The van der Waals surface area contributed by atoms with E-state index in [9.17, 15) is 4.79 Å². The number of hydrogen-bond donors (Lipinski definition) is 0. The van der Waals surface area contributed by atoms with Gasteiger partial charge in [-0.25, -0.2) is 15.0 Å². The van der Waals surface area contributed by atoms with Gasteiger partial charge in [-0.3, -0.25) is 4.79 Å². The first-order chi connectivity index (χ1) is 12.7. The molecule has 0 aromatic carbocycles.